The van der Waals surface area contributed by atoms with Crippen LogP contribution in [0.25, 0.3) is 0 Å². The van der Waals surface area contributed by atoms with E-state index >= 15 is 0 Å². The summed E-state index contributed by atoms with van der Waals surface area (Å²) in [7, 11) is 0.412. The molecule has 2 atom stereocenters. The summed E-state index contributed by atoms with van der Waals surface area (Å²) in [6.45, 7) is 1.75. The Morgan fingerprint density at radius 3 is 2.61 bits per heavy atom. The molecule has 0 radical (unpaired) electrons. The zero-order valence-electron chi connectivity index (χ0n) is 10.9. The molecular formula is C14H20O3S. The van der Waals surface area contributed by atoms with E-state index in [4.69, 9.17) is 0 Å². The van der Waals surface area contributed by atoms with Gasteiger partial charge in [-0.15, -0.1) is 0 Å². The smallest absolute Gasteiger partial charge is 0.309 e. The van der Waals surface area contributed by atoms with Gasteiger partial charge >= 0.3 is 5.97 Å². The standard InChI is InChI=1S/C14H20O3S/c1-12(14(15)17-2)11-18(16)10-6-9-13-7-4-3-5-8-13/h3-5,7-8,12H,6,9-11H2,1-2H3. The molecule has 0 amide bonds. The first-order chi connectivity index (χ1) is 8.63. The van der Waals surface area contributed by atoms with Gasteiger partial charge in [-0.05, 0) is 18.4 Å². The monoisotopic (exact) mass is 268 g/mol. The van der Waals surface area contributed by atoms with Crippen LogP contribution in [-0.2, 0) is 26.8 Å². The Labute approximate surface area is 111 Å². The van der Waals surface area contributed by atoms with E-state index in [1.165, 1.54) is 12.7 Å². The number of benzene rings is 1. The first-order valence-electron chi connectivity index (χ1n) is 6.10. The van der Waals surface area contributed by atoms with Crippen LogP contribution in [0.1, 0.15) is 18.9 Å². The van der Waals surface area contributed by atoms with Gasteiger partial charge in [0.25, 0.3) is 0 Å². The molecule has 0 spiro atoms. The predicted molar refractivity (Wildman–Crippen MR) is 73.8 cm³/mol. The SMILES string of the molecule is COC(=O)C(C)CS(=O)CCCc1ccccc1. The number of hydrogen-bond donors (Lipinski definition) is 0. The average Bonchev–Trinajstić information content (AvgIpc) is 2.38. The summed E-state index contributed by atoms with van der Waals surface area (Å²) in [5.74, 6) is 0.455. The molecule has 1 rings (SSSR count). The summed E-state index contributed by atoms with van der Waals surface area (Å²) in [5, 5.41) is 0. The van der Waals surface area contributed by atoms with Crippen molar-refractivity contribution in [2.45, 2.75) is 19.8 Å². The van der Waals surface area contributed by atoms with Crippen molar-refractivity contribution in [1.29, 1.82) is 0 Å². The third-order valence-corrected chi connectivity index (χ3v) is 4.34. The fourth-order valence-electron chi connectivity index (χ4n) is 1.71. The van der Waals surface area contributed by atoms with Crippen molar-refractivity contribution in [2.75, 3.05) is 18.6 Å². The minimum absolute atomic E-state index is 0.285. The molecule has 0 aliphatic carbocycles. The number of rotatable bonds is 7. The van der Waals surface area contributed by atoms with Crippen molar-refractivity contribution in [3.05, 3.63) is 35.9 Å². The van der Waals surface area contributed by atoms with Crippen LogP contribution in [0.3, 0.4) is 0 Å². The van der Waals surface area contributed by atoms with Crippen molar-refractivity contribution in [1.82, 2.24) is 0 Å². The molecule has 100 valence electrons. The Hall–Kier alpha value is -1.16. The molecule has 0 heterocycles. The largest absolute Gasteiger partial charge is 0.469 e. The zero-order valence-corrected chi connectivity index (χ0v) is 11.7. The second-order valence-electron chi connectivity index (χ2n) is 4.32. The Kier molecular flexibility index (Phi) is 6.65. The van der Waals surface area contributed by atoms with E-state index in [-0.39, 0.29) is 11.9 Å². The topological polar surface area (TPSA) is 43.4 Å². The molecule has 0 aromatic heterocycles. The van der Waals surface area contributed by atoms with Gasteiger partial charge in [-0.3, -0.25) is 9.00 Å². The Morgan fingerprint density at radius 1 is 1.33 bits per heavy atom. The molecule has 0 N–H and O–H groups in total. The molecule has 18 heavy (non-hydrogen) atoms. The summed E-state index contributed by atoms with van der Waals surface area (Å²) < 4.78 is 16.4. The van der Waals surface area contributed by atoms with Crippen LogP contribution in [0.4, 0.5) is 0 Å². The minimum atomic E-state index is -0.947. The third kappa shape index (κ3) is 5.45. The highest BCUT2D eigenvalue weighted by molar-refractivity contribution is 7.85. The number of esters is 1. The number of carbonyl (C=O) groups excluding carboxylic acids is 1. The normalized spacial score (nSPS) is 13.9. The molecule has 0 saturated carbocycles. The number of hydrogen-bond acceptors (Lipinski definition) is 3. The van der Waals surface area contributed by atoms with Crippen molar-refractivity contribution >= 4 is 16.8 Å². The second-order valence-corrected chi connectivity index (χ2v) is 5.95. The van der Waals surface area contributed by atoms with Crippen molar-refractivity contribution < 1.29 is 13.7 Å². The number of ether oxygens (including phenoxy) is 1. The van der Waals surface area contributed by atoms with Gasteiger partial charge in [-0.1, -0.05) is 37.3 Å². The predicted octanol–water partition coefficient (Wildman–Crippen LogP) is 2.18. The maximum absolute atomic E-state index is 11.8. The number of carbonyl (C=O) groups is 1. The lowest BCUT2D eigenvalue weighted by molar-refractivity contribution is -0.144. The maximum atomic E-state index is 11.8. The molecule has 1 aromatic carbocycles. The fraction of sp³-hybridized carbons (Fsp3) is 0.500. The summed E-state index contributed by atoms with van der Waals surface area (Å²) in [6.07, 6.45) is 1.81. The highest BCUT2D eigenvalue weighted by Crippen LogP contribution is 2.06. The quantitative estimate of drug-likeness (QED) is 0.712. The van der Waals surface area contributed by atoms with E-state index in [9.17, 15) is 9.00 Å². The van der Waals surface area contributed by atoms with Crippen LogP contribution in [0.2, 0.25) is 0 Å². The van der Waals surface area contributed by atoms with E-state index in [2.05, 4.69) is 16.9 Å². The van der Waals surface area contributed by atoms with Gasteiger partial charge in [0.2, 0.25) is 0 Å². The van der Waals surface area contributed by atoms with Crippen LogP contribution in [-0.4, -0.2) is 28.8 Å². The van der Waals surface area contributed by atoms with Crippen LogP contribution < -0.4 is 0 Å². The zero-order chi connectivity index (χ0) is 13.4. The minimum Gasteiger partial charge on any atom is -0.469 e. The summed E-state index contributed by atoms with van der Waals surface area (Å²) in [4.78, 5) is 11.2. The average molecular weight is 268 g/mol. The third-order valence-electron chi connectivity index (χ3n) is 2.72. The van der Waals surface area contributed by atoms with E-state index < -0.39 is 10.8 Å². The van der Waals surface area contributed by atoms with Gasteiger partial charge < -0.3 is 4.74 Å². The molecule has 0 aliphatic heterocycles. The van der Waals surface area contributed by atoms with E-state index in [1.54, 1.807) is 6.92 Å². The lowest BCUT2D eigenvalue weighted by atomic mass is 10.1. The summed E-state index contributed by atoms with van der Waals surface area (Å²) >= 11 is 0. The van der Waals surface area contributed by atoms with Crippen LogP contribution >= 0.6 is 0 Å². The molecule has 0 aliphatic rings. The molecule has 0 saturated heterocycles. The molecule has 3 nitrogen and oxygen atoms in total. The van der Waals surface area contributed by atoms with Gasteiger partial charge in [-0.2, -0.15) is 0 Å². The Morgan fingerprint density at radius 2 is 2.00 bits per heavy atom. The van der Waals surface area contributed by atoms with Gasteiger partial charge in [0.05, 0.1) is 13.0 Å². The highest BCUT2D eigenvalue weighted by atomic mass is 32.2. The molecule has 4 heteroatoms. The fourth-order valence-corrected chi connectivity index (χ4v) is 3.04. The second kappa shape index (κ2) is 8.03. The number of methoxy groups -OCH3 is 1. The Bertz CT molecular complexity index is 389. The van der Waals surface area contributed by atoms with E-state index in [0.29, 0.717) is 11.5 Å². The molecule has 2 unspecified atom stereocenters. The van der Waals surface area contributed by atoms with Gasteiger partial charge in [0, 0.05) is 22.3 Å². The van der Waals surface area contributed by atoms with Crippen LogP contribution in [0.15, 0.2) is 30.3 Å². The van der Waals surface area contributed by atoms with Crippen LogP contribution in [0, 0.1) is 5.92 Å². The molecular weight excluding hydrogens is 248 g/mol. The first kappa shape index (κ1) is 14.9. The number of aryl methyl sites for hydroxylation is 1. The summed E-state index contributed by atoms with van der Waals surface area (Å²) in [5.41, 5.74) is 1.26. The van der Waals surface area contributed by atoms with E-state index in [0.717, 1.165) is 12.8 Å². The van der Waals surface area contributed by atoms with Crippen molar-refractivity contribution in [3.63, 3.8) is 0 Å². The lowest BCUT2D eigenvalue weighted by Gasteiger charge is -2.08. The van der Waals surface area contributed by atoms with Crippen molar-refractivity contribution in [2.24, 2.45) is 5.92 Å². The Balaban J connectivity index is 2.23. The van der Waals surface area contributed by atoms with Gasteiger partial charge in [-0.25, -0.2) is 0 Å². The van der Waals surface area contributed by atoms with Crippen molar-refractivity contribution in [3.8, 4) is 0 Å². The highest BCUT2D eigenvalue weighted by Gasteiger charge is 2.16. The lowest BCUT2D eigenvalue weighted by Crippen LogP contribution is -2.20. The molecule has 0 bridgehead atoms. The molecule has 1 aromatic rings. The first-order valence-corrected chi connectivity index (χ1v) is 7.59. The van der Waals surface area contributed by atoms with Gasteiger partial charge in [0.15, 0.2) is 0 Å². The maximum Gasteiger partial charge on any atom is 0.309 e. The van der Waals surface area contributed by atoms with Gasteiger partial charge in [0.1, 0.15) is 0 Å². The van der Waals surface area contributed by atoms with Crippen LogP contribution in [0.5, 0.6) is 0 Å². The molecule has 0 fully saturated rings. The summed E-state index contributed by atoms with van der Waals surface area (Å²) in [6, 6.07) is 10.1. The van der Waals surface area contributed by atoms with E-state index in [1.807, 2.05) is 18.2 Å².